The number of nitrogens with one attached hydrogen (secondary N) is 1. The number of carbonyl (C=O) groups is 1. The van der Waals surface area contributed by atoms with E-state index in [4.69, 9.17) is 0 Å². The Hall–Kier alpha value is -1.22. The van der Waals surface area contributed by atoms with Crippen LogP contribution in [0, 0.1) is 0 Å². The minimum atomic E-state index is 0. The number of para-hydroxylation sites is 1. The fourth-order valence-corrected chi connectivity index (χ4v) is 1.38. The van der Waals surface area contributed by atoms with Crippen LogP contribution >= 0.6 is 12.4 Å². The SMILES string of the molecule is CCC(C)N(C)C(=O)CNc1ccccc1.Cl. The number of amides is 1. The van der Waals surface area contributed by atoms with Gasteiger partial charge in [0, 0.05) is 18.8 Å². The minimum Gasteiger partial charge on any atom is -0.376 e. The van der Waals surface area contributed by atoms with Crippen LogP contribution in [-0.4, -0.2) is 30.4 Å². The van der Waals surface area contributed by atoms with Gasteiger partial charge >= 0.3 is 0 Å². The van der Waals surface area contributed by atoms with Gasteiger partial charge in [-0.15, -0.1) is 12.4 Å². The normalized spacial score (nSPS) is 11.2. The molecule has 1 N–H and O–H groups in total. The average molecular weight is 257 g/mol. The van der Waals surface area contributed by atoms with Crippen molar-refractivity contribution in [2.75, 3.05) is 18.9 Å². The average Bonchev–Trinajstić information content (AvgIpc) is 2.35. The quantitative estimate of drug-likeness (QED) is 0.879. The summed E-state index contributed by atoms with van der Waals surface area (Å²) in [6.45, 7) is 4.49. The third kappa shape index (κ3) is 5.09. The molecule has 1 aromatic carbocycles. The van der Waals surface area contributed by atoms with E-state index in [9.17, 15) is 4.79 Å². The molecule has 0 saturated heterocycles. The van der Waals surface area contributed by atoms with E-state index < -0.39 is 0 Å². The summed E-state index contributed by atoms with van der Waals surface area (Å²) in [5.74, 6) is 0.123. The van der Waals surface area contributed by atoms with Crippen LogP contribution in [0.3, 0.4) is 0 Å². The molecule has 1 atom stereocenters. The molecule has 0 radical (unpaired) electrons. The number of rotatable bonds is 5. The molecule has 1 aromatic rings. The monoisotopic (exact) mass is 256 g/mol. The van der Waals surface area contributed by atoms with Crippen molar-refractivity contribution in [3.05, 3.63) is 30.3 Å². The Balaban J connectivity index is 0.00000256. The fourth-order valence-electron chi connectivity index (χ4n) is 1.38. The number of hydrogen-bond acceptors (Lipinski definition) is 2. The Morgan fingerprint density at radius 3 is 2.47 bits per heavy atom. The molecule has 96 valence electrons. The zero-order valence-corrected chi connectivity index (χ0v) is 11.5. The van der Waals surface area contributed by atoms with Crippen LogP contribution in [0.2, 0.25) is 0 Å². The Morgan fingerprint density at radius 1 is 1.35 bits per heavy atom. The first-order valence-corrected chi connectivity index (χ1v) is 5.69. The summed E-state index contributed by atoms with van der Waals surface area (Å²) in [7, 11) is 1.85. The molecule has 0 aliphatic heterocycles. The first kappa shape index (κ1) is 15.8. The number of hydrogen-bond donors (Lipinski definition) is 1. The lowest BCUT2D eigenvalue weighted by Crippen LogP contribution is -2.38. The maximum atomic E-state index is 11.8. The summed E-state index contributed by atoms with van der Waals surface area (Å²) < 4.78 is 0. The van der Waals surface area contributed by atoms with Crippen molar-refractivity contribution in [2.45, 2.75) is 26.3 Å². The van der Waals surface area contributed by atoms with Crippen LogP contribution in [0.15, 0.2) is 30.3 Å². The van der Waals surface area contributed by atoms with Gasteiger partial charge in [-0.05, 0) is 25.5 Å². The minimum absolute atomic E-state index is 0. The largest absolute Gasteiger partial charge is 0.376 e. The molecule has 0 fully saturated rings. The van der Waals surface area contributed by atoms with Gasteiger partial charge in [-0.3, -0.25) is 4.79 Å². The predicted octanol–water partition coefficient (Wildman–Crippen LogP) is 2.78. The molecular weight excluding hydrogens is 236 g/mol. The second-order valence-electron chi connectivity index (χ2n) is 3.98. The molecule has 4 heteroatoms. The van der Waals surface area contributed by atoms with E-state index >= 15 is 0 Å². The van der Waals surface area contributed by atoms with Crippen LogP contribution in [0.4, 0.5) is 5.69 Å². The summed E-state index contributed by atoms with van der Waals surface area (Å²) >= 11 is 0. The number of benzene rings is 1. The van der Waals surface area contributed by atoms with Crippen molar-refractivity contribution in [1.29, 1.82) is 0 Å². The standard InChI is InChI=1S/C13H20N2O.ClH/c1-4-11(2)15(3)13(16)10-14-12-8-6-5-7-9-12;/h5-9,11,14H,4,10H2,1-3H3;1H. The highest BCUT2D eigenvalue weighted by molar-refractivity contribution is 5.85. The second kappa shape index (κ2) is 7.96. The number of anilines is 1. The lowest BCUT2D eigenvalue weighted by atomic mass is 10.2. The van der Waals surface area contributed by atoms with E-state index in [1.807, 2.05) is 37.4 Å². The van der Waals surface area contributed by atoms with E-state index in [1.54, 1.807) is 4.90 Å². The van der Waals surface area contributed by atoms with Gasteiger partial charge in [0.2, 0.25) is 5.91 Å². The molecule has 0 saturated carbocycles. The van der Waals surface area contributed by atoms with Crippen molar-refractivity contribution in [3.63, 3.8) is 0 Å². The lowest BCUT2D eigenvalue weighted by molar-refractivity contribution is -0.129. The molecule has 0 aliphatic carbocycles. The first-order valence-electron chi connectivity index (χ1n) is 5.69. The van der Waals surface area contributed by atoms with Crippen LogP contribution in [0.5, 0.6) is 0 Å². The van der Waals surface area contributed by atoms with Crippen molar-refractivity contribution >= 4 is 24.0 Å². The van der Waals surface area contributed by atoms with Crippen molar-refractivity contribution in [2.24, 2.45) is 0 Å². The third-order valence-electron chi connectivity index (χ3n) is 2.86. The fraction of sp³-hybridized carbons (Fsp3) is 0.462. The van der Waals surface area contributed by atoms with E-state index in [-0.39, 0.29) is 18.3 Å². The van der Waals surface area contributed by atoms with Gasteiger partial charge in [0.05, 0.1) is 6.54 Å². The molecule has 1 amide bonds. The molecule has 1 rings (SSSR count). The van der Waals surface area contributed by atoms with Crippen molar-refractivity contribution < 1.29 is 4.79 Å². The number of carbonyl (C=O) groups excluding carboxylic acids is 1. The Labute approximate surface area is 110 Å². The smallest absolute Gasteiger partial charge is 0.241 e. The molecular formula is C13H21ClN2O. The number of halogens is 1. The molecule has 0 aromatic heterocycles. The van der Waals surface area contributed by atoms with Crippen LogP contribution in [0.1, 0.15) is 20.3 Å². The summed E-state index contributed by atoms with van der Waals surface area (Å²) in [5, 5.41) is 3.11. The van der Waals surface area contributed by atoms with Gasteiger partial charge in [0.1, 0.15) is 0 Å². The van der Waals surface area contributed by atoms with Gasteiger partial charge in [-0.2, -0.15) is 0 Å². The molecule has 0 spiro atoms. The summed E-state index contributed by atoms with van der Waals surface area (Å²) in [4.78, 5) is 13.6. The van der Waals surface area contributed by atoms with Crippen molar-refractivity contribution in [1.82, 2.24) is 4.90 Å². The van der Waals surface area contributed by atoms with Crippen LogP contribution < -0.4 is 5.32 Å². The zero-order chi connectivity index (χ0) is 12.0. The van der Waals surface area contributed by atoms with Gasteiger partial charge in [-0.1, -0.05) is 25.1 Å². The zero-order valence-electron chi connectivity index (χ0n) is 10.6. The maximum absolute atomic E-state index is 11.8. The Morgan fingerprint density at radius 2 is 1.94 bits per heavy atom. The second-order valence-corrected chi connectivity index (χ2v) is 3.98. The lowest BCUT2D eigenvalue weighted by Gasteiger charge is -2.24. The van der Waals surface area contributed by atoms with Gasteiger partial charge in [-0.25, -0.2) is 0 Å². The van der Waals surface area contributed by atoms with Crippen molar-refractivity contribution in [3.8, 4) is 0 Å². The number of nitrogens with zero attached hydrogens (tertiary/aromatic N) is 1. The molecule has 3 nitrogen and oxygen atoms in total. The molecule has 17 heavy (non-hydrogen) atoms. The van der Waals surface area contributed by atoms with E-state index in [0.29, 0.717) is 12.6 Å². The number of likely N-dealkylation sites (N-methyl/N-ethyl adjacent to an activating group) is 1. The first-order chi connectivity index (χ1) is 7.65. The van der Waals surface area contributed by atoms with E-state index in [0.717, 1.165) is 12.1 Å². The van der Waals surface area contributed by atoms with Gasteiger partial charge in [0.15, 0.2) is 0 Å². The van der Waals surface area contributed by atoms with E-state index in [2.05, 4.69) is 19.2 Å². The Kier molecular flexibility index (Phi) is 7.39. The molecule has 0 aliphatic rings. The van der Waals surface area contributed by atoms with Gasteiger partial charge in [0.25, 0.3) is 0 Å². The third-order valence-corrected chi connectivity index (χ3v) is 2.86. The van der Waals surface area contributed by atoms with Gasteiger partial charge < -0.3 is 10.2 Å². The highest BCUT2D eigenvalue weighted by Crippen LogP contribution is 2.05. The highest BCUT2D eigenvalue weighted by atomic mass is 35.5. The molecule has 0 bridgehead atoms. The molecule has 1 unspecified atom stereocenters. The molecule has 0 heterocycles. The predicted molar refractivity (Wildman–Crippen MR) is 74.7 cm³/mol. The highest BCUT2D eigenvalue weighted by Gasteiger charge is 2.13. The summed E-state index contributed by atoms with van der Waals surface area (Å²) in [6, 6.07) is 10.1. The topological polar surface area (TPSA) is 32.3 Å². The summed E-state index contributed by atoms with van der Waals surface area (Å²) in [5.41, 5.74) is 0.980. The summed E-state index contributed by atoms with van der Waals surface area (Å²) in [6.07, 6.45) is 0.980. The van der Waals surface area contributed by atoms with Crippen LogP contribution in [0.25, 0.3) is 0 Å². The van der Waals surface area contributed by atoms with E-state index in [1.165, 1.54) is 0 Å². The Bertz CT molecular complexity index is 329. The maximum Gasteiger partial charge on any atom is 0.241 e. The van der Waals surface area contributed by atoms with Crippen LogP contribution in [-0.2, 0) is 4.79 Å².